The van der Waals surface area contributed by atoms with Crippen LogP contribution >= 0.6 is 23.7 Å². The molecule has 1 atom stereocenters. The van der Waals surface area contributed by atoms with Crippen molar-refractivity contribution in [1.82, 2.24) is 4.98 Å². The van der Waals surface area contributed by atoms with Crippen molar-refractivity contribution in [2.75, 3.05) is 17.7 Å². The normalized spacial score (nSPS) is 16.5. The second-order valence-corrected chi connectivity index (χ2v) is 5.92. The molecule has 0 saturated heterocycles. The average molecular weight is 324 g/mol. The van der Waals surface area contributed by atoms with E-state index in [1.165, 1.54) is 10.4 Å². The van der Waals surface area contributed by atoms with Crippen molar-refractivity contribution in [3.05, 3.63) is 40.2 Å². The van der Waals surface area contributed by atoms with Gasteiger partial charge in [-0.15, -0.1) is 23.7 Å². The summed E-state index contributed by atoms with van der Waals surface area (Å²) in [5.74, 6) is 0.845. The highest BCUT2D eigenvalue weighted by atomic mass is 35.5. The molecule has 4 nitrogen and oxygen atoms in total. The molecule has 112 valence electrons. The van der Waals surface area contributed by atoms with Crippen LogP contribution in [-0.4, -0.2) is 17.9 Å². The SMILES string of the molecule is CNc1ccc(NC(=O)C2CCCc3sccc32)cn1.Cl. The van der Waals surface area contributed by atoms with Crippen LogP contribution in [0.3, 0.4) is 0 Å². The molecule has 2 heterocycles. The monoisotopic (exact) mass is 323 g/mol. The van der Waals surface area contributed by atoms with Crippen LogP contribution < -0.4 is 10.6 Å². The fourth-order valence-corrected chi connectivity index (χ4v) is 3.59. The fraction of sp³-hybridized carbons (Fsp3) is 0.333. The highest BCUT2D eigenvalue weighted by molar-refractivity contribution is 7.10. The number of carbonyl (C=O) groups excluding carboxylic acids is 1. The third kappa shape index (κ3) is 3.36. The van der Waals surface area contributed by atoms with Gasteiger partial charge in [-0.2, -0.15) is 0 Å². The number of hydrogen-bond acceptors (Lipinski definition) is 4. The molecule has 1 aliphatic carbocycles. The number of thiophene rings is 1. The van der Waals surface area contributed by atoms with Crippen LogP contribution in [0.4, 0.5) is 11.5 Å². The molecule has 1 unspecified atom stereocenters. The van der Waals surface area contributed by atoms with Crippen LogP contribution in [0.1, 0.15) is 29.2 Å². The molecule has 0 aliphatic heterocycles. The first-order chi connectivity index (χ1) is 9.78. The van der Waals surface area contributed by atoms with E-state index in [-0.39, 0.29) is 24.2 Å². The molecule has 2 N–H and O–H groups in total. The Balaban J connectivity index is 0.00000161. The number of aryl methyl sites for hydroxylation is 1. The molecule has 0 bridgehead atoms. The van der Waals surface area contributed by atoms with Gasteiger partial charge in [0.05, 0.1) is 17.8 Å². The Bertz CT molecular complexity index is 612. The largest absolute Gasteiger partial charge is 0.373 e. The third-order valence-electron chi connectivity index (χ3n) is 3.66. The molecule has 1 aliphatic rings. The van der Waals surface area contributed by atoms with Gasteiger partial charge in [-0.25, -0.2) is 4.98 Å². The van der Waals surface area contributed by atoms with Gasteiger partial charge in [0.15, 0.2) is 0 Å². The second kappa shape index (κ2) is 6.91. The van der Waals surface area contributed by atoms with Gasteiger partial charge in [-0.05, 0) is 48.4 Å². The van der Waals surface area contributed by atoms with Crippen molar-refractivity contribution in [2.45, 2.75) is 25.2 Å². The minimum Gasteiger partial charge on any atom is -0.373 e. The van der Waals surface area contributed by atoms with E-state index in [0.717, 1.165) is 30.8 Å². The number of hydrogen-bond donors (Lipinski definition) is 2. The first-order valence-corrected chi connectivity index (χ1v) is 7.67. The van der Waals surface area contributed by atoms with E-state index < -0.39 is 0 Å². The summed E-state index contributed by atoms with van der Waals surface area (Å²) in [4.78, 5) is 18.0. The number of halogens is 1. The van der Waals surface area contributed by atoms with Gasteiger partial charge in [0.1, 0.15) is 5.82 Å². The second-order valence-electron chi connectivity index (χ2n) is 4.92. The molecule has 0 saturated carbocycles. The summed E-state index contributed by atoms with van der Waals surface area (Å²) in [7, 11) is 1.82. The molecular weight excluding hydrogens is 306 g/mol. The van der Waals surface area contributed by atoms with E-state index in [0.29, 0.717) is 0 Å². The van der Waals surface area contributed by atoms with Crippen molar-refractivity contribution < 1.29 is 4.79 Å². The zero-order valence-electron chi connectivity index (χ0n) is 11.8. The van der Waals surface area contributed by atoms with Crippen LogP contribution in [0.15, 0.2) is 29.8 Å². The lowest BCUT2D eigenvalue weighted by Crippen LogP contribution is -2.23. The zero-order valence-corrected chi connectivity index (χ0v) is 13.4. The smallest absolute Gasteiger partial charge is 0.231 e. The van der Waals surface area contributed by atoms with Crippen LogP contribution in [-0.2, 0) is 11.2 Å². The van der Waals surface area contributed by atoms with E-state index in [2.05, 4.69) is 27.1 Å². The Morgan fingerprint density at radius 2 is 2.24 bits per heavy atom. The fourth-order valence-electron chi connectivity index (χ4n) is 2.60. The number of amides is 1. The quantitative estimate of drug-likeness (QED) is 0.906. The first-order valence-electron chi connectivity index (χ1n) is 6.79. The Hall–Kier alpha value is -1.59. The summed E-state index contributed by atoms with van der Waals surface area (Å²) in [5, 5.41) is 8.01. The maximum Gasteiger partial charge on any atom is 0.231 e. The molecule has 0 fully saturated rings. The number of fused-ring (bicyclic) bond motifs is 1. The maximum absolute atomic E-state index is 12.4. The maximum atomic E-state index is 12.4. The lowest BCUT2D eigenvalue weighted by Gasteiger charge is -2.21. The Morgan fingerprint density at radius 3 is 2.95 bits per heavy atom. The summed E-state index contributed by atoms with van der Waals surface area (Å²) in [6, 6.07) is 5.81. The molecule has 0 radical (unpaired) electrons. The highest BCUT2D eigenvalue weighted by Crippen LogP contribution is 2.35. The van der Waals surface area contributed by atoms with Gasteiger partial charge < -0.3 is 10.6 Å². The Morgan fingerprint density at radius 1 is 1.38 bits per heavy atom. The van der Waals surface area contributed by atoms with Gasteiger partial charge in [0.25, 0.3) is 0 Å². The summed E-state index contributed by atoms with van der Waals surface area (Å²) < 4.78 is 0. The number of pyridine rings is 1. The van der Waals surface area contributed by atoms with E-state index in [4.69, 9.17) is 0 Å². The van der Waals surface area contributed by atoms with Crippen LogP contribution in [0.5, 0.6) is 0 Å². The lowest BCUT2D eigenvalue weighted by molar-refractivity contribution is -0.117. The number of rotatable bonds is 3. The summed E-state index contributed by atoms with van der Waals surface area (Å²) >= 11 is 1.76. The van der Waals surface area contributed by atoms with E-state index >= 15 is 0 Å². The number of carbonyl (C=O) groups is 1. The predicted octanol–water partition coefficient (Wildman–Crippen LogP) is 3.67. The van der Waals surface area contributed by atoms with Crippen LogP contribution in [0, 0.1) is 0 Å². The molecule has 21 heavy (non-hydrogen) atoms. The van der Waals surface area contributed by atoms with Crippen molar-refractivity contribution in [2.24, 2.45) is 0 Å². The van der Waals surface area contributed by atoms with E-state index in [1.807, 2.05) is 19.2 Å². The average Bonchev–Trinajstić information content (AvgIpc) is 2.96. The van der Waals surface area contributed by atoms with Crippen molar-refractivity contribution in [3.8, 4) is 0 Å². The minimum absolute atomic E-state index is 0. The van der Waals surface area contributed by atoms with Crippen molar-refractivity contribution in [3.63, 3.8) is 0 Å². The minimum atomic E-state index is -0.0195. The Kier molecular flexibility index (Phi) is 5.20. The molecule has 6 heteroatoms. The van der Waals surface area contributed by atoms with Gasteiger partial charge in [0, 0.05) is 11.9 Å². The molecular formula is C15H18ClN3OS. The molecule has 2 aromatic rings. The Labute approximate surface area is 134 Å². The lowest BCUT2D eigenvalue weighted by atomic mass is 9.87. The number of nitrogens with zero attached hydrogens (tertiary/aromatic N) is 1. The number of anilines is 2. The van der Waals surface area contributed by atoms with Crippen LogP contribution in [0.2, 0.25) is 0 Å². The predicted molar refractivity (Wildman–Crippen MR) is 89.7 cm³/mol. The molecule has 3 rings (SSSR count). The van der Waals surface area contributed by atoms with Gasteiger partial charge in [-0.3, -0.25) is 4.79 Å². The highest BCUT2D eigenvalue weighted by Gasteiger charge is 2.27. The molecule has 2 aromatic heterocycles. The van der Waals surface area contributed by atoms with Gasteiger partial charge in [-0.1, -0.05) is 0 Å². The number of nitrogens with one attached hydrogen (secondary N) is 2. The van der Waals surface area contributed by atoms with E-state index in [9.17, 15) is 4.79 Å². The van der Waals surface area contributed by atoms with Crippen molar-refractivity contribution >= 4 is 41.2 Å². The molecule has 1 amide bonds. The summed E-state index contributed by atoms with van der Waals surface area (Å²) in [6.45, 7) is 0. The van der Waals surface area contributed by atoms with Gasteiger partial charge >= 0.3 is 0 Å². The van der Waals surface area contributed by atoms with Crippen molar-refractivity contribution in [1.29, 1.82) is 0 Å². The molecule has 0 aromatic carbocycles. The summed E-state index contributed by atoms with van der Waals surface area (Å²) in [6.07, 6.45) is 4.80. The number of aromatic nitrogens is 1. The van der Waals surface area contributed by atoms with E-state index in [1.54, 1.807) is 17.5 Å². The zero-order chi connectivity index (χ0) is 13.9. The summed E-state index contributed by atoms with van der Waals surface area (Å²) in [5.41, 5.74) is 1.95. The molecule has 0 spiro atoms. The van der Waals surface area contributed by atoms with Gasteiger partial charge in [0.2, 0.25) is 5.91 Å². The standard InChI is InChI=1S/C15H17N3OS.ClH/c1-16-14-6-5-10(9-17-14)18-15(19)12-3-2-4-13-11(12)7-8-20-13;/h5-9,12H,2-4H2,1H3,(H,16,17)(H,18,19);1H. The topological polar surface area (TPSA) is 54.0 Å². The third-order valence-corrected chi connectivity index (χ3v) is 4.65. The van der Waals surface area contributed by atoms with Crippen LogP contribution in [0.25, 0.3) is 0 Å². The first kappa shape index (κ1) is 15.8.